The van der Waals surface area contributed by atoms with Crippen molar-refractivity contribution >= 4 is 0 Å². The third kappa shape index (κ3) is 12.2. The van der Waals surface area contributed by atoms with Crippen LogP contribution in [0.15, 0.2) is 24.8 Å². The Balaban J connectivity index is 0. The molecule has 0 spiro atoms. The van der Waals surface area contributed by atoms with Crippen molar-refractivity contribution in [2.45, 2.75) is 47.5 Å². The molecule has 0 aliphatic rings. The second kappa shape index (κ2) is 7.15. The zero-order chi connectivity index (χ0) is 10.2. The maximum absolute atomic E-state index is 3.70. The lowest BCUT2D eigenvalue weighted by molar-refractivity contribution is 0.463. The van der Waals surface area contributed by atoms with Gasteiger partial charge in [-0.25, -0.2) is 0 Å². The Morgan fingerprint density at radius 1 is 1.33 bits per heavy atom. The van der Waals surface area contributed by atoms with Gasteiger partial charge in [0.05, 0.1) is 0 Å². The highest BCUT2D eigenvalue weighted by Gasteiger charge is 2.06. The van der Waals surface area contributed by atoms with Crippen molar-refractivity contribution in [1.82, 2.24) is 0 Å². The van der Waals surface area contributed by atoms with Crippen molar-refractivity contribution < 1.29 is 0 Å². The fraction of sp³-hybridized carbons (Fsp3) is 0.667. The minimum atomic E-state index is 0.347. The summed E-state index contributed by atoms with van der Waals surface area (Å²) in [5.41, 5.74) is 1.60. The highest BCUT2D eigenvalue weighted by molar-refractivity contribution is 4.85. The van der Waals surface area contributed by atoms with E-state index in [1.807, 2.05) is 13.0 Å². The van der Waals surface area contributed by atoms with Gasteiger partial charge in [-0.3, -0.25) is 0 Å². The molecule has 0 amide bonds. The lowest BCUT2D eigenvalue weighted by atomic mass is 9.91. The largest absolute Gasteiger partial charge is 0.103 e. The third-order valence-electron chi connectivity index (χ3n) is 2.07. The lowest BCUT2D eigenvalue weighted by Gasteiger charge is -2.14. The Morgan fingerprint density at radius 2 is 1.67 bits per heavy atom. The van der Waals surface area contributed by atoms with Gasteiger partial charge in [-0.1, -0.05) is 39.3 Å². The van der Waals surface area contributed by atoms with Crippen LogP contribution in [0.4, 0.5) is 0 Å². The predicted octanol–water partition coefficient (Wildman–Crippen LogP) is 4.58. The monoisotopic (exact) mass is 168 g/mol. The van der Waals surface area contributed by atoms with E-state index in [2.05, 4.69) is 40.9 Å². The summed E-state index contributed by atoms with van der Waals surface area (Å²) < 4.78 is 0. The summed E-state index contributed by atoms with van der Waals surface area (Å²) in [6.45, 7) is 18.0. The van der Waals surface area contributed by atoms with Crippen LogP contribution in [0.3, 0.4) is 0 Å². The first-order valence-electron chi connectivity index (χ1n) is 4.67. The summed E-state index contributed by atoms with van der Waals surface area (Å²) in [7, 11) is 0. The van der Waals surface area contributed by atoms with E-state index in [-0.39, 0.29) is 0 Å². The molecule has 0 saturated carbocycles. The molecule has 0 bridgehead atoms. The van der Waals surface area contributed by atoms with E-state index < -0.39 is 0 Å². The molecule has 0 heteroatoms. The number of rotatable bonds is 3. The second-order valence-electron chi connectivity index (χ2n) is 3.86. The van der Waals surface area contributed by atoms with Crippen molar-refractivity contribution in [2.24, 2.45) is 5.41 Å². The van der Waals surface area contributed by atoms with Gasteiger partial charge < -0.3 is 0 Å². The summed E-state index contributed by atoms with van der Waals surface area (Å²) in [4.78, 5) is 0. The van der Waals surface area contributed by atoms with Crippen LogP contribution in [0.5, 0.6) is 0 Å². The summed E-state index contributed by atoms with van der Waals surface area (Å²) >= 11 is 0. The molecule has 0 atom stereocenters. The summed E-state index contributed by atoms with van der Waals surface area (Å²) in [5.74, 6) is 0. The third-order valence-corrected chi connectivity index (χ3v) is 2.07. The molecule has 0 nitrogen and oxygen atoms in total. The quantitative estimate of drug-likeness (QED) is 0.541. The van der Waals surface area contributed by atoms with Crippen LogP contribution in [-0.2, 0) is 0 Å². The van der Waals surface area contributed by atoms with Gasteiger partial charge in [-0.05, 0) is 25.2 Å². The summed E-state index contributed by atoms with van der Waals surface area (Å²) in [6.07, 6.45) is 4.28. The van der Waals surface area contributed by atoms with Gasteiger partial charge in [0.1, 0.15) is 0 Å². The fourth-order valence-electron chi connectivity index (χ4n) is 0.144. The molecule has 0 aliphatic heterocycles. The highest BCUT2D eigenvalue weighted by Crippen LogP contribution is 2.19. The topological polar surface area (TPSA) is 0 Å². The van der Waals surface area contributed by atoms with Crippen LogP contribution in [0.25, 0.3) is 0 Å². The van der Waals surface area contributed by atoms with Crippen LogP contribution >= 0.6 is 0 Å². The molecule has 0 aromatic carbocycles. The van der Waals surface area contributed by atoms with Gasteiger partial charge in [-0.2, -0.15) is 0 Å². The first-order valence-corrected chi connectivity index (χ1v) is 4.67. The number of hydrogen-bond donors (Lipinski definition) is 0. The zero-order valence-electron chi connectivity index (χ0n) is 9.41. The molecule has 12 heavy (non-hydrogen) atoms. The Labute approximate surface area is 78.4 Å². The maximum Gasteiger partial charge on any atom is -0.0180 e. The molecule has 72 valence electrons. The van der Waals surface area contributed by atoms with E-state index in [4.69, 9.17) is 0 Å². The molecule has 0 saturated heterocycles. The van der Waals surface area contributed by atoms with Crippen LogP contribution in [0, 0.1) is 5.41 Å². The smallest absolute Gasteiger partial charge is 0.0180 e. The molecule has 0 fully saturated rings. The van der Waals surface area contributed by atoms with E-state index in [1.54, 1.807) is 0 Å². The Kier molecular flexibility index (Phi) is 8.36. The minimum absolute atomic E-state index is 0.347. The Hall–Kier alpha value is -0.520. The predicted molar refractivity (Wildman–Crippen MR) is 59.4 cm³/mol. The maximum atomic E-state index is 3.70. The van der Waals surface area contributed by atoms with Crippen molar-refractivity contribution in [3.8, 4) is 0 Å². The molecule has 0 aromatic rings. The Bertz CT molecular complexity index is 129. The van der Waals surface area contributed by atoms with Crippen molar-refractivity contribution in [2.75, 3.05) is 0 Å². The van der Waals surface area contributed by atoms with E-state index in [0.717, 1.165) is 6.42 Å². The van der Waals surface area contributed by atoms with Gasteiger partial charge in [0.25, 0.3) is 0 Å². The van der Waals surface area contributed by atoms with Gasteiger partial charge in [0.15, 0.2) is 0 Å². The van der Waals surface area contributed by atoms with Crippen LogP contribution in [0.2, 0.25) is 0 Å². The van der Waals surface area contributed by atoms with Gasteiger partial charge in [0.2, 0.25) is 0 Å². The second-order valence-corrected chi connectivity index (χ2v) is 3.86. The fourth-order valence-corrected chi connectivity index (χ4v) is 0.144. The van der Waals surface area contributed by atoms with Crippen molar-refractivity contribution in [1.29, 1.82) is 0 Å². The Morgan fingerprint density at radius 3 is 1.67 bits per heavy atom. The van der Waals surface area contributed by atoms with Gasteiger partial charge >= 0.3 is 0 Å². The summed E-state index contributed by atoms with van der Waals surface area (Å²) in [5, 5.41) is 0. The molecule has 0 aromatic heterocycles. The number of allylic oxidation sites excluding steroid dienone is 2. The van der Waals surface area contributed by atoms with E-state index in [9.17, 15) is 0 Å². The van der Waals surface area contributed by atoms with Gasteiger partial charge in [0, 0.05) is 0 Å². The van der Waals surface area contributed by atoms with Crippen LogP contribution in [-0.4, -0.2) is 0 Å². The number of hydrogen-bond acceptors (Lipinski definition) is 0. The lowest BCUT2D eigenvalue weighted by Crippen LogP contribution is -2.02. The van der Waals surface area contributed by atoms with Crippen LogP contribution < -0.4 is 0 Å². The molecule has 0 heterocycles. The van der Waals surface area contributed by atoms with E-state index >= 15 is 0 Å². The zero-order valence-corrected chi connectivity index (χ0v) is 9.41. The SMILES string of the molecule is C=C(C)CC.C=CC(C)(C)CC. The van der Waals surface area contributed by atoms with Crippen LogP contribution in [0.1, 0.15) is 47.5 Å². The van der Waals surface area contributed by atoms with E-state index in [1.165, 1.54) is 12.0 Å². The average molecular weight is 168 g/mol. The molecule has 0 rings (SSSR count). The van der Waals surface area contributed by atoms with Gasteiger partial charge in [-0.15, -0.1) is 13.2 Å². The molecule has 0 radical (unpaired) electrons. The van der Waals surface area contributed by atoms with Crippen molar-refractivity contribution in [3.05, 3.63) is 24.8 Å². The summed E-state index contributed by atoms with van der Waals surface area (Å²) in [6, 6.07) is 0. The molecule has 0 aliphatic carbocycles. The first kappa shape index (κ1) is 14.0. The molecule has 0 N–H and O–H groups in total. The standard InChI is InChI=1S/C7H14.C5H10/c1-5-7(3,4)6-2;1-4-5(2)3/h5H,1,6H2,2-4H3;2,4H2,1,3H3. The molecular weight excluding hydrogens is 144 g/mol. The minimum Gasteiger partial charge on any atom is -0.103 e. The van der Waals surface area contributed by atoms with E-state index in [0.29, 0.717) is 5.41 Å². The average Bonchev–Trinajstić information content (AvgIpc) is 2.05. The molecule has 0 unspecified atom stereocenters. The highest BCUT2D eigenvalue weighted by atomic mass is 14.1. The van der Waals surface area contributed by atoms with Crippen molar-refractivity contribution in [3.63, 3.8) is 0 Å². The normalized spacial score (nSPS) is 9.75. The molecular formula is C12H24. The first-order chi connectivity index (χ1) is 5.39.